The van der Waals surface area contributed by atoms with E-state index in [0.29, 0.717) is 16.5 Å². The third-order valence-electron chi connectivity index (χ3n) is 4.24. The lowest BCUT2D eigenvalue weighted by molar-refractivity contribution is 0.173. The monoisotopic (exact) mass is 366 g/mol. The summed E-state index contributed by atoms with van der Waals surface area (Å²) in [6.07, 6.45) is 0. The molecule has 128 valence electrons. The Kier molecular flexibility index (Phi) is 2.72. The van der Waals surface area contributed by atoms with E-state index in [1.807, 2.05) is 36.4 Å². The lowest BCUT2D eigenvalue weighted by Crippen LogP contribution is -1.93. The molecule has 4 aromatic rings. The van der Waals surface area contributed by atoms with E-state index in [1.54, 1.807) is 4.52 Å². The first-order chi connectivity index (χ1) is 12.8. The summed E-state index contributed by atoms with van der Waals surface area (Å²) < 4.78 is 23.3. The molecule has 0 saturated carbocycles. The second-order valence-electron chi connectivity index (χ2n) is 5.76. The topological polar surface area (TPSA) is 80.0 Å². The molecule has 2 aromatic heterocycles. The number of aromatic nitrogens is 4. The summed E-state index contributed by atoms with van der Waals surface area (Å²) in [5.74, 6) is 3.56. The minimum Gasteiger partial charge on any atom is -0.454 e. The number of ether oxygens (including phenoxy) is 4. The summed E-state index contributed by atoms with van der Waals surface area (Å²) in [6, 6.07) is 11.4. The van der Waals surface area contributed by atoms with Crippen molar-refractivity contribution in [2.45, 2.75) is 0 Å². The molecule has 0 radical (unpaired) electrons. The van der Waals surface area contributed by atoms with Crippen LogP contribution in [0.2, 0.25) is 0 Å². The average Bonchev–Trinajstić information content (AvgIpc) is 3.42. The van der Waals surface area contributed by atoms with Gasteiger partial charge in [0, 0.05) is 11.1 Å². The van der Waals surface area contributed by atoms with Crippen molar-refractivity contribution in [1.29, 1.82) is 0 Å². The lowest BCUT2D eigenvalue weighted by Gasteiger charge is -2.00. The predicted octanol–water partition coefficient (Wildman–Crippen LogP) is 2.98. The van der Waals surface area contributed by atoms with Gasteiger partial charge in [-0.3, -0.25) is 0 Å². The van der Waals surface area contributed by atoms with E-state index in [2.05, 4.69) is 15.3 Å². The quantitative estimate of drug-likeness (QED) is 0.539. The zero-order valence-electron chi connectivity index (χ0n) is 13.2. The average molecular weight is 366 g/mol. The largest absolute Gasteiger partial charge is 0.454 e. The fourth-order valence-corrected chi connectivity index (χ4v) is 3.81. The highest BCUT2D eigenvalue weighted by Crippen LogP contribution is 2.38. The Morgan fingerprint density at radius 3 is 2.19 bits per heavy atom. The maximum Gasteiger partial charge on any atom is 0.235 e. The fourth-order valence-electron chi connectivity index (χ4n) is 2.98. The molecule has 8 nitrogen and oxygen atoms in total. The van der Waals surface area contributed by atoms with E-state index < -0.39 is 0 Å². The van der Waals surface area contributed by atoms with Gasteiger partial charge in [-0.15, -0.1) is 10.2 Å². The maximum absolute atomic E-state index is 5.45. The molecule has 0 unspecified atom stereocenters. The van der Waals surface area contributed by atoms with Crippen LogP contribution >= 0.6 is 11.3 Å². The van der Waals surface area contributed by atoms with Crippen molar-refractivity contribution in [3.05, 3.63) is 36.4 Å². The van der Waals surface area contributed by atoms with Crippen LogP contribution in [0.25, 0.3) is 26.9 Å². The minimum atomic E-state index is 0.235. The van der Waals surface area contributed by atoms with Crippen LogP contribution in [-0.4, -0.2) is 33.4 Å². The number of fused-ring (bicyclic) bond motifs is 3. The molecule has 9 heteroatoms. The van der Waals surface area contributed by atoms with Crippen LogP contribution < -0.4 is 18.9 Å². The summed E-state index contributed by atoms with van der Waals surface area (Å²) in [5.41, 5.74) is 1.81. The van der Waals surface area contributed by atoms with E-state index >= 15 is 0 Å². The molecule has 0 atom stereocenters. The normalized spacial score (nSPS) is 14.3. The summed E-state index contributed by atoms with van der Waals surface area (Å²) in [6.45, 7) is 0.483. The summed E-state index contributed by atoms with van der Waals surface area (Å²) in [4.78, 5) is 0.713. The predicted molar refractivity (Wildman–Crippen MR) is 91.8 cm³/mol. The number of hydrogen-bond donors (Lipinski definition) is 0. The Balaban J connectivity index is 1.45. The van der Waals surface area contributed by atoms with E-state index in [4.69, 9.17) is 18.9 Å². The van der Waals surface area contributed by atoms with Crippen molar-refractivity contribution < 1.29 is 18.9 Å². The highest BCUT2D eigenvalue weighted by molar-refractivity contribution is 7.19. The van der Waals surface area contributed by atoms with Crippen LogP contribution in [-0.2, 0) is 0 Å². The van der Waals surface area contributed by atoms with Gasteiger partial charge in [0.2, 0.25) is 18.5 Å². The van der Waals surface area contributed by atoms with Gasteiger partial charge in [0.1, 0.15) is 5.01 Å². The van der Waals surface area contributed by atoms with Crippen LogP contribution in [0.1, 0.15) is 0 Å². The van der Waals surface area contributed by atoms with Crippen molar-refractivity contribution >= 4 is 16.3 Å². The van der Waals surface area contributed by atoms with Crippen molar-refractivity contribution in [1.82, 2.24) is 19.8 Å². The van der Waals surface area contributed by atoms with Gasteiger partial charge in [-0.05, 0) is 36.4 Å². The highest BCUT2D eigenvalue weighted by Gasteiger charge is 2.20. The Labute approximate surface area is 150 Å². The number of hydrogen-bond acceptors (Lipinski definition) is 8. The third kappa shape index (κ3) is 1.97. The van der Waals surface area contributed by atoms with Crippen LogP contribution in [0, 0.1) is 0 Å². The number of benzene rings is 2. The third-order valence-corrected chi connectivity index (χ3v) is 5.19. The van der Waals surface area contributed by atoms with Crippen molar-refractivity contribution in [3.63, 3.8) is 0 Å². The van der Waals surface area contributed by atoms with Crippen molar-refractivity contribution in [2.75, 3.05) is 13.6 Å². The van der Waals surface area contributed by atoms with E-state index in [1.165, 1.54) is 11.3 Å². The molecular weight excluding hydrogens is 356 g/mol. The van der Waals surface area contributed by atoms with Gasteiger partial charge in [-0.1, -0.05) is 11.3 Å². The zero-order chi connectivity index (χ0) is 17.1. The first kappa shape index (κ1) is 13.9. The van der Waals surface area contributed by atoms with Crippen molar-refractivity contribution in [3.8, 4) is 45.0 Å². The van der Waals surface area contributed by atoms with Crippen molar-refractivity contribution in [2.24, 2.45) is 0 Å². The molecule has 0 amide bonds. The fraction of sp³-hybridized carbons (Fsp3) is 0.118. The second-order valence-corrected chi connectivity index (χ2v) is 6.72. The van der Waals surface area contributed by atoms with Gasteiger partial charge in [-0.25, -0.2) is 0 Å². The molecule has 6 rings (SSSR count). The molecule has 0 aliphatic carbocycles. The molecule has 2 aromatic carbocycles. The van der Waals surface area contributed by atoms with E-state index in [9.17, 15) is 0 Å². The van der Waals surface area contributed by atoms with Crippen LogP contribution in [0.15, 0.2) is 36.4 Å². The smallest absolute Gasteiger partial charge is 0.235 e. The van der Waals surface area contributed by atoms with Gasteiger partial charge in [-0.2, -0.15) is 9.61 Å². The summed E-state index contributed by atoms with van der Waals surface area (Å²) in [7, 11) is 0. The van der Waals surface area contributed by atoms with E-state index in [-0.39, 0.29) is 13.6 Å². The van der Waals surface area contributed by atoms with Crippen LogP contribution in [0.3, 0.4) is 0 Å². The molecule has 2 aliphatic heterocycles. The molecule has 0 N–H and O–H groups in total. The van der Waals surface area contributed by atoms with Crippen LogP contribution in [0.5, 0.6) is 23.0 Å². The maximum atomic E-state index is 5.45. The molecule has 26 heavy (non-hydrogen) atoms. The van der Waals surface area contributed by atoms with Crippen LogP contribution in [0.4, 0.5) is 0 Å². The first-order valence-electron chi connectivity index (χ1n) is 7.87. The van der Waals surface area contributed by atoms with Gasteiger partial charge >= 0.3 is 0 Å². The summed E-state index contributed by atoms with van der Waals surface area (Å²) in [5, 5.41) is 14.0. The number of nitrogens with zero attached hydrogens (tertiary/aromatic N) is 4. The zero-order valence-corrected chi connectivity index (χ0v) is 14.0. The molecular formula is C17H10N4O4S. The molecule has 0 fully saturated rings. The minimum absolute atomic E-state index is 0.235. The Morgan fingerprint density at radius 1 is 0.769 bits per heavy atom. The standard InChI is InChI=1S/C17H10N4O4S/c1-3-11-13(24-7-22-11)5-9(1)15-18-19-17-21(15)20-16(26-17)10-2-4-12-14(6-10)25-8-23-12/h1-6H,7-8H2. The summed E-state index contributed by atoms with van der Waals surface area (Å²) >= 11 is 1.46. The van der Waals surface area contributed by atoms with Gasteiger partial charge in [0.05, 0.1) is 0 Å². The second kappa shape index (κ2) is 5.09. The van der Waals surface area contributed by atoms with E-state index in [0.717, 1.165) is 33.4 Å². The molecule has 0 spiro atoms. The SMILES string of the molecule is c1cc2c(cc1-c1nn3c(-c4ccc5c(c4)OCO5)nnc3s1)OCO2. The van der Waals surface area contributed by atoms with Gasteiger partial charge < -0.3 is 18.9 Å². The first-order valence-corrected chi connectivity index (χ1v) is 8.69. The van der Waals surface area contributed by atoms with Gasteiger partial charge in [0.15, 0.2) is 28.8 Å². The number of rotatable bonds is 2. The Hall–Kier alpha value is -3.33. The lowest BCUT2D eigenvalue weighted by atomic mass is 10.2. The highest BCUT2D eigenvalue weighted by atomic mass is 32.1. The Bertz CT molecular complexity index is 1170. The molecule has 2 aliphatic rings. The molecule has 4 heterocycles. The Morgan fingerprint density at radius 2 is 1.42 bits per heavy atom. The molecule has 0 saturated heterocycles. The van der Waals surface area contributed by atoms with Gasteiger partial charge in [0.25, 0.3) is 0 Å². The molecule has 0 bridgehead atoms.